The van der Waals surface area contributed by atoms with Crippen molar-refractivity contribution in [2.75, 3.05) is 24.4 Å². The van der Waals surface area contributed by atoms with Gasteiger partial charge in [0, 0.05) is 6.42 Å². The molecule has 0 aliphatic carbocycles. The van der Waals surface area contributed by atoms with Gasteiger partial charge in [-0.15, -0.1) is 9.06 Å². The molecular formula is C25H52N2O7S2. The van der Waals surface area contributed by atoms with Crippen molar-refractivity contribution >= 4 is 30.1 Å². The molecule has 0 aliphatic heterocycles. The highest BCUT2D eigenvalue weighted by Crippen LogP contribution is 2.48. The third-order valence-electron chi connectivity index (χ3n) is 7.31. The zero-order valence-corrected chi connectivity index (χ0v) is 24.8. The second-order valence-electron chi connectivity index (χ2n) is 9.89. The SMILES string of the molecule is CCCCCCC(OCCCCC(CC)(CC)CC(=O)O)OC(=O)C(N)CCS(C)(CC)S(N)(=O)=O. The van der Waals surface area contributed by atoms with Crippen LogP contribution in [0.4, 0.5) is 0 Å². The van der Waals surface area contributed by atoms with Gasteiger partial charge in [-0.3, -0.25) is 9.59 Å². The van der Waals surface area contributed by atoms with Gasteiger partial charge in [0.05, 0.1) is 13.0 Å². The van der Waals surface area contributed by atoms with E-state index in [1.54, 1.807) is 13.2 Å². The monoisotopic (exact) mass is 556 g/mol. The Hall–Kier alpha value is -0.880. The fraction of sp³-hybridized carbons (Fsp3) is 0.920. The number of carboxylic acids is 1. The summed E-state index contributed by atoms with van der Waals surface area (Å²) in [6.45, 7) is 8.37. The summed E-state index contributed by atoms with van der Waals surface area (Å²) in [5.74, 6) is -0.718. The maximum atomic E-state index is 12.6. The highest BCUT2D eigenvalue weighted by Gasteiger charge is 2.31. The Kier molecular flexibility index (Phi) is 17.2. The summed E-state index contributed by atoms with van der Waals surface area (Å²) in [6, 6.07) is -0.947. The zero-order valence-electron chi connectivity index (χ0n) is 23.1. The van der Waals surface area contributed by atoms with E-state index < -0.39 is 42.4 Å². The van der Waals surface area contributed by atoms with Gasteiger partial charge < -0.3 is 20.3 Å². The van der Waals surface area contributed by atoms with E-state index >= 15 is 0 Å². The molecule has 0 amide bonds. The number of carboxylic acid groups (broad SMARTS) is 1. The average Bonchev–Trinajstić information content (AvgIpc) is 2.82. The van der Waals surface area contributed by atoms with Crippen molar-refractivity contribution < 1.29 is 32.6 Å². The molecule has 3 atom stereocenters. The number of hydrogen-bond donors (Lipinski definition) is 3. The Labute approximate surface area is 220 Å². The van der Waals surface area contributed by atoms with Gasteiger partial charge in [0.25, 0.3) is 0 Å². The minimum absolute atomic E-state index is 0.167. The van der Waals surface area contributed by atoms with Gasteiger partial charge in [0.15, 0.2) is 0 Å². The lowest BCUT2D eigenvalue weighted by Gasteiger charge is -2.32. The number of nitrogens with two attached hydrogens (primary N) is 2. The maximum Gasteiger partial charge on any atom is 0.325 e. The molecule has 0 rings (SSSR count). The molecule has 36 heavy (non-hydrogen) atoms. The number of unbranched alkanes of at least 4 members (excludes halogenated alkanes) is 4. The molecule has 0 bridgehead atoms. The summed E-state index contributed by atoms with van der Waals surface area (Å²) >= 11 is 0. The van der Waals surface area contributed by atoms with Crippen molar-refractivity contribution in [2.24, 2.45) is 16.3 Å². The normalized spacial score (nSPS) is 16.6. The number of aliphatic carboxylic acids is 1. The second kappa shape index (κ2) is 17.6. The third kappa shape index (κ3) is 13.1. The minimum atomic E-state index is -3.70. The average molecular weight is 557 g/mol. The predicted molar refractivity (Wildman–Crippen MR) is 148 cm³/mol. The van der Waals surface area contributed by atoms with Crippen molar-refractivity contribution in [1.82, 2.24) is 0 Å². The lowest BCUT2D eigenvalue weighted by Crippen LogP contribution is -2.38. The summed E-state index contributed by atoms with van der Waals surface area (Å²) in [6.07, 6.45) is 9.91. The Morgan fingerprint density at radius 2 is 1.61 bits per heavy atom. The van der Waals surface area contributed by atoms with E-state index in [0.29, 0.717) is 18.8 Å². The van der Waals surface area contributed by atoms with E-state index in [2.05, 4.69) is 6.92 Å². The predicted octanol–water partition coefficient (Wildman–Crippen LogP) is 4.67. The summed E-state index contributed by atoms with van der Waals surface area (Å²) < 4.78 is 35.4. The number of esters is 1. The molecule has 216 valence electrons. The Morgan fingerprint density at radius 1 is 0.972 bits per heavy atom. The second-order valence-corrected chi connectivity index (χ2v) is 18.0. The molecule has 0 aromatic carbocycles. The summed E-state index contributed by atoms with van der Waals surface area (Å²) in [5.41, 5.74) is 5.84. The Bertz CT molecular complexity index is 745. The molecule has 0 aromatic heterocycles. The van der Waals surface area contributed by atoms with Gasteiger partial charge in [0.1, 0.15) is 6.04 Å². The van der Waals surface area contributed by atoms with Crippen LogP contribution in [0.1, 0.15) is 105 Å². The number of rotatable bonds is 22. The standard InChI is InChI=1S/C25H52N2O7S2/c1-6-10-11-12-15-23(33-18-14-13-17-25(7-2,8-3)20-22(28)29)34-24(30)21(26)16-19-35(5,9-4)36(27,31)32/h21,23H,6-20,26H2,1-5H3,(H,28,29)(H2,27,31,32). The van der Waals surface area contributed by atoms with Gasteiger partial charge in [-0.2, -0.15) is 0 Å². The molecule has 3 unspecified atom stereocenters. The topological polar surface area (TPSA) is 159 Å². The van der Waals surface area contributed by atoms with Crippen LogP contribution in [-0.4, -0.2) is 62.2 Å². The third-order valence-corrected chi connectivity index (χ3v) is 15.3. The van der Waals surface area contributed by atoms with Gasteiger partial charge in [-0.1, -0.05) is 53.4 Å². The molecule has 0 saturated heterocycles. The highest BCUT2D eigenvalue weighted by atomic mass is 33.2. The molecular weight excluding hydrogens is 504 g/mol. The lowest BCUT2D eigenvalue weighted by atomic mass is 9.75. The maximum absolute atomic E-state index is 12.6. The molecule has 0 aliphatic rings. The molecule has 0 heterocycles. The molecule has 11 heteroatoms. The van der Waals surface area contributed by atoms with Gasteiger partial charge >= 0.3 is 11.9 Å². The Morgan fingerprint density at radius 3 is 2.11 bits per heavy atom. The molecule has 0 radical (unpaired) electrons. The largest absolute Gasteiger partial charge is 0.481 e. The van der Waals surface area contributed by atoms with Crippen LogP contribution < -0.4 is 10.9 Å². The lowest BCUT2D eigenvalue weighted by molar-refractivity contribution is -0.182. The first-order valence-electron chi connectivity index (χ1n) is 13.4. The van der Waals surface area contributed by atoms with Crippen molar-refractivity contribution in [3.63, 3.8) is 0 Å². The van der Waals surface area contributed by atoms with Crippen molar-refractivity contribution in [3.05, 3.63) is 0 Å². The fourth-order valence-corrected chi connectivity index (χ4v) is 7.70. The zero-order chi connectivity index (χ0) is 27.8. The van der Waals surface area contributed by atoms with E-state index in [1.807, 2.05) is 13.8 Å². The van der Waals surface area contributed by atoms with Crippen LogP contribution >= 0.6 is 9.06 Å². The van der Waals surface area contributed by atoms with Crippen LogP contribution in [0.25, 0.3) is 0 Å². The van der Waals surface area contributed by atoms with Crippen LogP contribution in [0.2, 0.25) is 0 Å². The summed E-state index contributed by atoms with van der Waals surface area (Å²) in [5, 5.41) is 14.7. The van der Waals surface area contributed by atoms with E-state index in [1.165, 1.54) is 0 Å². The first-order chi connectivity index (χ1) is 16.8. The van der Waals surface area contributed by atoms with Crippen LogP contribution in [0.3, 0.4) is 0 Å². The number of ether oxygens (including phenoxy) is 2. The van der Waals surface area contributed by atoms with Crippen molar-refractivity contribution in [2.45, 2.75) is 117 Å². The molecule has 0 saturated carbocycles. The quantitative estimate of drug-likeness (QED) is 0.0751. The number of carbonyl (C=O) groups is 2. The molecule has 5 N–H and O–H groups in total. The molecule has 0 spiro atoms. The van der Waals surface area contributed by atoms with Gasteiger partial charge in [-0.05, 0) is 61.7 Å². The summed E-state index contributed by atoms with van der Waals surface area (Å²) in [7, 11) is -5.82. The minimum Gasteiger partial charge on any atom is -0.481 e. The van der Waals surface area contributed by atoms with Crippen LogP contribution in [0.15, 0.2) is 0 Å². The fourth-order valence-electron chi connectivity index (χ4n) is 4.13. The van der Waals surface area contributed by atoms with Gasteiger partial charge in [-0.25, -0.2) is 13.6 Å². The van der Waals surface area contributed by atoms with E-state index in [0.717, 1.165) is 57.8 Å². The first kappa shape index (κ1) is 35.1. The summed E-state index contributed by atoms with van der Waals surface area (Å²) in [4.78, 5) is 23.9. The van der Waals surface area contributed by atoms with Gasteiger partial charge in [0.2, 0.25) is 15.3 Å². The van der Waals surface area contributed by atoms with Crippen molar-refractivity contribution in [3.8, 4) is 0 Å². The number of carbonyl (C=O) groups excluding carboxylic acids is 1. The first-order valence-corrected chi connectivity index (χ1v) is 17.8. The highest BCUT2D eigenvalue weighted by molar-refractivity contribution is 8.89. The van der Waals surface area contributed by atoms with E-state index in [-0.39, 0.29) is 24.0 Å². The van der Waals surface area contributed by atoms with Crippen LogP contribution in [0, 0.1) is 5.41 Å². The number of hydrogen-bond acceptors (Lipinski definition) is 7. The van der Waals surface area contributed by atoms with Crippen LogP contribution in [-0.2, 0) is 28.1 Å². The smallest absolute Gasteiger partial charge is 0.325 e. The molecule has 9 nitrogen and oxygen atoms in total. The molecule has 0 aromatic rings. The molecule has 0 fully saturated rings. The Balaban J connectivity index is 4.88. The van der Waals surface area contributed by atoms with E-state index in [4.69, 9.17) is 20.3 Å². The van der Waals surface area contributed by atoms with Crippen molar-refractivity contribution in [1.29, 1.82) is 0 Å². The van der Waals surface area contributed by atoms with Crippen LogP contribution in [0.5, 0.6) is 0 Å². The van der Waals surface area contributed by atoms with E-state index in [9.17, 15) is 23.1 Å².